The van der Waals surface area contributed by atoms with Crippen molar-refractivity contribution in [1.82, 2.24) is 0 Å². The second-order valence-corrected chi connectivity index (χ2v) is 8.15. The lowest BCUT2D eigenvalue weighted by molar-refractivity contribution is -0.384. The number of sulfonamides is 1. The Morgan fingerprint density at radius 2 is 2.07 bits per heavy atom. The van der Waals surface area contributed by atoms with Gasteiger partial charge >= 0.3 is 0 Å². The van der Waals surface area contributed by atoms with Gasteiger partial charge in [-0.25, -0.2) is 8.42 Å². The number of nitrogens with zero attached hydrogens (tertiary/aromatic N) is 2. The molecule has 0 aromatic heterocycles. The monoisotopic (exact) mass is 411 g/mol. The van der Waals surface area contributed by atoms with E-state index >= 15 is 0 Å². The van der Waals surface area contributed by atoms with Gasteiger partial charge < -0.3 is 10.1 Å². The van der Waals surface area contributed by atoms with Crippen molar-refractivity contribution in [3.05, 3.63) is 57.6 Å². The Kier molecular flexibility index (Phi) is 4.94. The van der Waals surface area contributed by atoms with Crippen LogP contribution in [0.3, 0.4) is 0 Å². The summed E-state index contributed by atoms with van der Waals surface area (Å²) in [7, 11) is -3.69. The lowest BCUT2D eigenvalue weighted by Crippen LogP contribution is -2.48. The molecule has 0 saturated heterocycles. The van der Waals surface area contributed by atoms with Crippen molar-refractivity contribution in [2.75, 3.05) is 22.4 Å². The molecule has 1 heterocycles. The molecule has 2 aromatic carbocycles. The van der Waals surface area contributed by atoms with Crippen molar-refractivity contribution >= 4 is 44.6 Å². The Bertz CT molecular complexity index is 1030. The largest absolute Gasteiger partial charge is 0.476 e. The summed E-state index contributed by atoms with van der Waals surface area (Å²) in [5.74, 6) is -0.444. The molecule has 1 aliphatic heterocycles. The summed E-state index contributed by atoms with van der Waals surface area (Å²) in [5, 5.41) is 13.7. The molecule has 0 unspecified atom stereocenters. The number of non-ortho nitro benzene ring substituents is 1. The summed E-state index contributed by atoms with van der Waals surface area (Å²) >= 11 is 5.93. The van der Waals surface area contributed by atoms with Gasteiger partial charge in [0.05, 0.1) is 23.4 Å². The third-order valence-electron chi connectivity index (χ3n) is 3.81. The molecule has 0 bridgehead atoms. The minimum Gasteiger partial charge on any atom is -0.476 e. The van der Waals surface area contributed by atoms with Gasteiger partial charge in [0, 0.05) is 22.8 Å². The summed E-state index contributed by atoms with van der Waals surface area (Å²) in [6, 6.07) is 9.82. The molecule has 9 nitrogen and oxygen atoms in total. The highest BCUT2D eigenvalue weighted by molar-refractivity contribution is 7.92. The molecule has 1 atom stereocenters. The highest BCUT2D eigenvalue weighted by atomic mass is 35.5. The number of halogens is 1. The Labute approximate surface area is 159 Å². The predicted octanol–water partition coefficient (Wildman–Crippen LogP) is 2.41. The number of hydrogen-bond donors (Lipinski definition) is 1. The van der Waals surface area contributed by atoms with Crippen molar-refractivity contribution in [3.8, 4) is 5.75 Å². The zero-order valence-corrected chi connectivity index (χ0v) is 15.5. The van der Waals surface area contributed by atoms with Crippen LogP contribution in [0, 0.1) is 10.1 Å². The zero-order chi connectivity index (χ0) is 19.8. The van der Waals surface area contributed by atoms with Crippen LogP contribution < -0.4 is 14.4 Å². The molecule has 1 N–H and O–H groups in total. The number of nitro groups is 1. The average molecular weight is 412 g/mol. The molecule has 142 valence electrons. The second-order valence-electron chi connectivity index (χ2n) is 5.81. The van der Waals surface area contributed by atoms with Crippen LogP contribution in [0.15, 0.2) is 42.5 Å². The maximum absolute atomic E-state index is 12.5. The molecule has 1 aliphatic rings. The first-order valence-corrected chi connectivity index (χ1v) is 9.87. The lowest BCUT2D eigenvalue weighted by atomic mass is 10.2. The quantitative estimate of drug-likeness (QED) is 0.609. The molecule has 0 fully saturated rings. The number of fused-ring (bicyclic) bond motifs is 1. The standard InChI is InChI=1S/C16H14ClN3O6S/c1-27(24,25)19-9-15(26-14-6-5-10(17)7-13(14)19)16(21)18-11-3-2-4-12(8-11)20(22)23/h2-8,15H,9H2,1H3,(H,18,21)/t15-/m0/s1. The topological polar surface area (TPSA) is 119 Å². The van der Waals surface area contributed by atoms with E-state index in [0.717, 1.165) is 10.6 Å². The van der Waals surface area contributed by atoms with E-state index in [9.17, 15) is 23.3 Å². The summed E-state index contributed by atoms with van der Waals surface area (Å²) in [6.45, 7) is -0.257. The second kappa shape index (κ2) is 7.05. The lowest BCUT2D eigenvalue weighted by Gasteiger charge is -2.34. The fraction of sp³-hybridized carbons (Fsp3) is 0.188. The fourth-order valence-electron chi connectivity index (χ4n) is 2.60. The number of ether oxygens (including phenoxy) is 1. The van der Waals surface area contributed by atoms with E-state index in [1.807, 2.05) is 0 Å². The smallest absolute Gasteiger partial charge is 0.271 e. The van der Waals surface area contributed by atoms with Gasteiger partial charge in [0.2, 0.25) is 10.0 Å². The number of nitrogens with one attached hydrogen (secondary N) is 1. The number of nitro benzene ring substituents is 1. The van der Waals surface area contributed by atoms with Crippen molar-refractivity contribution in [2.45, 2.75) is 6.10 Å². The number of hydrogen-bond acceptors (Lipinski definition) is 6. The first-order valence-electron chi connectivity index (χ1n) is 7.64. The summed E-state index contributed by atoms with van der Waals surface area (Å²) in [6.07, 6.45) is -0.133. The fourth-order valence-corrected chi connectivity index (χ4v) is 3.67. The van der Waals surface area contributed by atoms with Crippen LogP contribution in [0.4, 0.5) is 17.1 Å². The Balaban J connectivity index is 1.87. The summed E-state index contributed by atoms with van der Waals surface area (Å²) in [4.78, 5) is 22.8. The van der Waals surface area contributed by atoms with Crippen LogP contribution in [0.2, 0.25) is 5.02 Å². The SMILES string of the molecule is CS(=O)(=O)N1C[C@@H](C(=O)Nc2cccc([N+](=O)[O-])c2)Oc2ccc(Cl)cc21. The van der Waals surface area contributed by atoms with E-state index in [-0.39, 0.29) is 29.4 Å². The van der Waals surface area contributed by atoms with Gasteiger partial charge in [-0.15, -0.1) is 0 Å². The Hall–Kier alpha value is -2.85. The molecule has 3 rings (SSSR count). The number of rotatable bonds is 4. The molecule has 0 spiro atoms. The molecular formula is C16H14ClN3O6S. The normalized spacial score (nSPS) is 16.2. The number of amides is 1. The van der Waals surface area contributed by atoms with Crippen molar-refractivity contribution in [2.24, 2.45) is 0 Å². The van der Waals surface area contributed by atoms with Gasteiger partial charge in [-0.05, 0) is 24.3 Å². The van der Waals surface area contributed by atoms with Crippen LogP contribution in [0.25, 0.3) is 0 Å². The van der Waals surface area contributed by atoms with Crippen molar-refractivity contribution in [1.29, 1.82) is 0 Å². The third kappa shape index (κ3) is 4.12. The number of anilines is 2. The van der Waals surface area contributed by atoms with Gasteiger partial charge in [-0.1, -0.05) is 17.7 Å². The van der Waals surface area contributed by atoms with Gasteiger partial charge in [0.15, 0.2) is 6.10 Å². The van der Waals surface area contributed by atoms with E-state index in [0.29, 0.717) is 5.02 Å². The molecule has 0 aliphatic carbocycles. The van der Waals surface area contributed by atoms with Gasteiger partial charge in [0.25, 0.3) is 11.6 Å². The van der Waals surface area contributed by atoms with Crippen LogP contribution >= 0.6 is 11.6 Å². The van der Waals surface area contributed by atoms with Crippen molar-refractivity contribution < 1.29 is 22.9 Å². The van der Waals surface area contributed by atoms with E-state index in [4.69, 9.17) is 16.3 Å². The summed E-state index contributed by atoms with van der Waals surface area (Å²) < 4.78 is 30.9. The third-order valence-corrected chi connectivity index (χ3v) is 5.19. The van der Waals surface area contributed by atoms with E-state index in [1.54, 1.807) is 0 Å². The maximum Gasteiger partial charge on any atom is 0.271 e. The highest BCUT2D eigenvalue weighted by Crippen LogP contribution is 2.37. The van der Waals surface area contributed by atoms with Crippen LogP contribution in [-0.4, -0.2) is 38.2 Å². The minimum atomic E-state index is -3.69. The Morgan fingerprint density at radius 1 is 1.33 bits per heavy atom. The Morgan fingerprint density at radius 3 is 2.74 bits per heavy atom. The predicted molar refractivity (Wildman–Crippen MR) is 99.8 cm³/mol. The van der Waals surface area contributed by atoms with Gasteiger partial charge in [-0.2, -0.15) is 0 Å². The molecular weight excluding hydrogens is 398 g/mol. The molecule has 0 radical (unpaired) electrons. The van der Waals surface area contributed by atoms with Crippen LogP contribution in [0.1, 0.15) is 0 Å². The highest BCUT2D eigenvalue weighted by Gasteiger charge is 2.35. The maximum atomic E-state index is 12.5. The van der Waals surface area contributed by atoms with E-state index in [1.165, 1.54) is 42.5 Å². The first kappa shape index (κ1) is 18.9. The average Bonchev–Trinajstić information content (AvgIpc) is 2.60. The minimum absolute atomic E-state index is 0.185. The van der Waals surface area contributed by atoms with Gasteiger partial charge in [-0.3, -0.25) is 19.2 Å². The number of benzene rings is 2. The first-order chi connectivity index (χ1) is 12.6. The molecule has 11 heteroatoms. The molecule has 1 amide bonds. The van der Waals surface area contributed by atoms with E-state index < -0.39 is 27.0 Å². The number of carbonyl (C=O) groups is 1. The van der Waals surface area contributed by atoms with Crippen LogP contribution in [-0.2, 0) is 14.8 Å². The summed E-state index contributed by atoms with van der Waals surface area (Å²) in [5.41, 5.74) is 0.255. The van der Waals surface area contributed by atoms with Gasteiger partial charge in [0.1, 0.15) is 5.75 Å². The molecule has 27 heavy (non-hydrogen) atoms. The molecule has 0 saturated carbocycles. The van der Waals surface area contributed by atoms with Crippen molar-refractivity contribution in [3.63, 3.8) is 0 Å². The number of carbonyl (C=O) groups excluding carboxylic acids is 1. The van der Waals surface area contributed by atoms with Crippen LogP contribution in [0.5, 0.6) is 5.75 Å². The van der Waals surface area contributed by atoms with E-state index in [2.05, 4.69) is 5.32 Å². The molecule has 2 aromatic rings. The zero-order valence-electron chi connectivity index (χ0n) is 14.0.